The summed E-state index contributed by atoms with van der Waals surface area (Å²) in [6.07, 6.45) is 5.79. The first-order valence-electron chi connectivity index (χ1n) is 6.60. The van der Waals surface area contributed by atoms with Crippen molar-refractivity contribution in [3.05, 3.63) is 28.5 Å². The summed E-state index contributed by atoms with van der Waals surface area (Å²) in [5.41, 5.74) is 1.08. The van der Waals surface area contributed by atoms with Crippen LogP contribution < -0.4 is 0 Å². The SMILES string of the molecule is COCC(=O)c1cncc(Cl)c1COC1CCCCO1. The number of Topliss-reactive ketones (excluding diaryl/α,β-unsaturated/α-hetero) is 1. The summed E-state index contributed by atoms with van der Waals surface area (Å²) in [6, 6.07) is 0. The van der Waals surface area contributed by atoms with Gasteiger partial charge in [-0.3, -0.25) is 9.78 Å². The fourth-order valence-corrected chi connectivity index (χ4v) is 2.29. The Bertz CT molecular complexity index is 460. The van der Waals surface area contributed by atoms with E-state index in [0.29, 0.717) is 22.8 Å². The molecule has 1 aromatic heterocycles. The van der Waals surface area contributed by atoms with Gasteiger partial charge in [0.1, 0.15) is 6.61 Å². The van der Waals surface area contributed by atoms with E-state index in [9.17, 15) is 4.79 Å². The summed E-state index contributed by atoms with van der Waals surface area (Å²) < 4.78 is 16.0. The highest BCUT2D eigenvalue weighted by molar-refractivity contribution is 6.31. The molecule has 5 nitrogen and oxygen atoms in total. The number of ether oxygens (including phenoxy) is 3. The molecule has 0 bridgehead atoms. The van der Waals surface area contributed by atoms with Crippen LogP contribution in [0, 0.1) is 0 Å². The standard InChI is InChI=1S/C14H18ClNO4/c1-18-9-13(17)10-6-16-7-12(15)11(10)8-20-14-4-2-3-5-19-14/h6-7,14H,2-5,8-9H2,1H3. The number of ketones is 1. The number of rotatable bonds is 6. The van der Waals surface area contributed by atoms with Crippen molar-refractivity contribution in [3.8, 4) is 0 Å². The first-order valence-corrected chi connectivity index (χ1v) is 6.98. The third-order valence-electron chi connectivity index (χ3n) is 3.13. The molecule has 2 rings (SSSR count). The molecule has 1 aliphatic heterocycles. The fourth-order valence-electron chi connectivity index (χ4n) is 2.08. The molecule has 1 saturated heterocycles. The first-order chi connectivity index (χ1) is 9.72. The third kappa shape index (κ3) is 3.99. The number of pyridine rings is 1. The molecule has 6 heteroatoms. The van der Waals surface area contributed by atoms with Gasteiger partial charge in [0.15, 0.2) is 12.1 Å². The van der Waals surface area contributed by atoms with Crippen LogP contribution in [-0.4, -0.2) is 37.4 Å². The van der Waals surface area contributed by atoms with Crippen LogP contribution in [0.2, 0.25) is 5.02 Å². The number of hydrogen-bond donors (Lipinski definition) is 0. The van der Waals surface area contributed by atoms with Gasteiger partial charge in [-0.05, 0) is 19.3 Å². The highest BCUT2D eigenvalue weighted by Crippen LogP contribution is 2.23. The lowest BCUT2D eigenvalue weighted by molar-refractivity contribution is -0.168. The lowest BCUT2D eigenvalue weighted by atomic mass is 10.1. The predicted molar refractivity (Wildman–Crippen MR) is 73.8 cm³/mol. The van der Waals surface area contributed by atoms with Crippen molar-refractivity contribution in [1.29, 1.82) is 0 Å². The van der Waals surface area contributed by atoms with Gasteiger partial charge < -0.3 is 14.2 Å². The van der Waals surface area contributed by atoms with E-state index in [-0.39, 0.29) is 25.3 Å². The van der Waals surface area contributed by atoms with Crippen molar-refractivity contribution in [1.82, 2.24) is 4.98 Å². The van der Waals surface area contributed by atoms with Crippen molar-refractivity contribution < 1.29 is 19.0 Å². The second-order valence-corrected chi connectivity index (χ2v) is 5.02. The van der Waals surface area contributed by atoms with E-state index in [2.05, 4.69) is 4.98 Å². The van der Waals surface area contributed by atoms with E-state index in [4.69, 9.17) is 25.8 Å². The maximum absolute atomic E-state index is 12.0. The molecule has 1 atom stereocenters. The summed E-state index contributed by atoms with van der Waals surface area (Å²) in [4.78, 5) is 15.9. The van der Waals surface area contributed by atoms with Crippen LogP contribution in [0.5, 0.6) is 0 Å². The number of methoxy groups -OCH3 is 1. The van der Waals surface area contributed by atoms with Crippen molar-refractivity contribution in [2.75, 3.05) is 20.3 Å². The van der Waals surface area contributed by atoms with Gasteiger partial charge in [0.25, 0.3) is 0 Å². The Morgan fingerprint density at radius 1 is 1.50 bits per heavy atom. The summed E-state index contributed by atoms with van der Waals surface area (Å²) in [5.74, 6) is -0.161. The minimum Gasteiger partial charge on any atom is -0.377 e. The number of carbonyl (C=O) groups is 1. The van der Waals surface area contributed by atoms with E-state index in [0.717, 1.165) is 19.3 Å². The van der Waals surface area contributed by atoms with E-state index in [1.807, 2.05) is 0 Å². The number of carbonyl (C=O) groups excluding carboxylic acids is 1. The van der Waals surface area contributed by atoms with Gasteiger partial charge in [-0.2, -0.15) is 0 Å². The molecule has 0 aliphatic carbocycles. The molecule has 1 unspecified atom stereocenters. The molecule has 0 amide bonds. The van der Waals surface area contributed by atoms with Gasteiger partial charge in [-0.25, -0.2) is 0 Å². The molecular weight excluding hydrogens is 282 g/mol. The van der Waals surface area contributed by atoms with Gasteiger partial charge >= 0.3 is 0 Å². The molecular formula is C14H18ClNO4. The van der Waals surface area contributed by atoms with E-state index in [1.165, 1.54) is 19.5 Å². The third-order valence-corrected chi connectivity index (χ3v) is 3.46. The number of hydrogen-bond acceptors (Lipinski definition) is 5. The number of nitrogens with zero attached hydrogens (tertiary/aromatic N) is 1. The molecule has 110 valence electrons. The summed E-state index contributed by atoms with van der Waals surface area (Å²) in [7, 11) is 1.47. The van der Waals surface area contributed by atoms with Crippen molar-refractivity contribution >= 4 is 17.4 Å². The Balaban J connectivity index is 2.06. The van der Waals surface area contributed by atoms with Crippen LogP contribution in [0.4, 0.5) is 0 Å². The molecule has 0 saturated carbocycles. The highest BCUT2D eigenvalue weighted by Gasteiger charge is 2.19. The summed E-state index contributed by atoms with van der Waals surface area (Å²) in [5, 5.41) is 0.419. The number of aromatic nitrogens is 1. The van der Waals surface area contributed by atoms with Gasteiger partial charge in [0, 0.05) is 37.2 Å². The molecule has 0 N–H and O–H groups in total. The Morgan fingerprint density at radius 3 is 3.05 bits per heavy atom. The molecule has 2 heterocycles. The Hall–Kier alpha value is -1.01. The predicted octanol–water partition coefficient (Wildman–Crippen LogP) is 2.61. The molecule has 1 aromatic rings. The van der Waals surface area contributed by atoms with Crippen LogP contribution in [0.3, 0.4) is 0 Å². The summed E-state index contributed by atoms with van der Waals surface area (Å²) >= 11 is 6.11. The molecule has 0 aromatic carbocycles. The first kappa shape index (κ1) is 15.4. The van der Waals surface area contributed by atoms with Gasteiger partial charge in [0.05, 0.1) is 11.6 Å². The van der Waals surface area contributed by atoms with Crippen LogP contribution in [0.1, 0.15) is 35.2 Å². The zero-order chi connectivity index (χ0) is 14.4. The number of halogens is 1. The Morgan fingerprint density at radius 2 is 2.35 bits per heavy atom. The molecule has 0 radical (unpaired) electrons. The van der Waals surface area contributed by atoms with Gasteiger partial charge in [0.2, 0.25) is 0 Å². The fraction of sp³-hybridized carbons (Fsp3) is 0.571. The zero-order valence-electron chi connectivity index (χ0n) is 11.4. The van der Waals surface area contributed by atoms with Crippen LogP contribution >= 0.6 is 11.6 Å². The maximum atomic E-state index is 12.0. The second-order valence-electron chi connectivity index (χ2n) is 4.61. The minimum atomic E-state index is -0.224. The van der Waals surface area contributed by atoms with Crippen LogP contribution in [0.25, 0.3) is 0 Å². The van der Waals surface area contributed by atoms with Crippen molar-refractivity contribution in [3.63, 3.8) is 0 Å². The summed E-state index contributed by atoms with van der Waals surface area (Å²) in [6.45, 7) is 0.940. The van der Waals surface area contributed by atoms with Crippen LogP contribution in [-0.2, 0) is 20.8 Å². The quantitative estimate of drug-likeness (QED) is 0.756. The van der Waals surface area contributed by atoms with E-state index < -0.39 is 0 Å². The monoisotopic (exact) mass is 299 g/mol. The van der Waals surface area contributed by atoms with Gasteiger partial charge in [-0.1, -0.05) is 11.6 Å². The van der Waals surface area contributed by atoms with E-state index >= 15 is 0 Å². The lowest BCUT2D eigenvalue weighted by Gasteiger charge is -2.23. The van der Waals surface area contributed by atoms with Crippen LogP contribution in [0.15, 0.2) is 12.4 Å². The second kappa shape index (κ2) is 7.69. The van der Waals surface area contributed by atoms with Crippen molar-refractivity contribution in [2.24, 2.45) is 0 Å². The molecule has 0 spiro atoms. The smallest absolute Gasteiger partial charge is 0.190 e. The highest BCUT2D eigenvalue weighted by atomic mass is 35.5. The average Bonchev–Trinajstić information content (AvgIpc) is 2.47. The molecule has 1 fully saturated rings. The Kier molecular flexibility index (Phi) is 5.91. The molecule has 1 aliphatic rings. The van der Waals surface area contributed by atoms with E-state index in [1.54, 1.807) is 0 Å². The lowest BCUT2D eigenvalue weighted by Crippen LogP contribution is -2.22. The maximum Gasteiger partial charge on any atom is 0.190 e. The zero-order valence-corrected chi connectivity index (χ0v) is 12.2. The minimum absolute atomic E-state index is 0.00501. The largest absolute Gasteiger partial charge is 0.377 e. The topological polar surface area (TPSA) is 57.7 Å². The van der Waals surface area contributed by atoms with Gasteiger partial charge in [-0.15, -0.1) is 0 Å². The van der Waals surface area contributed by atoms with Crippen molar-refractivity contribution in [2.45, 2.75) is 32.2 Å². The average molecular weight is 300 g/mol. The Labute approximate surface area is 123 Å². The molecule has 20 heavy (non-hydrogen) atoms. The normalized spacial score (nSPS) is 19.0.